The lowest BCUT2D eigenvalue weighted by Gasteiger charge is -2.10. The number of rotatable bonds is 5. The standard InChI is InChI=1S/C23H18FN5O2/c1-3-12-29-23(31)18-7-5-4-6-17(18)20(27-29)14-25-22(30)21-13-19(26-28(21)2)15-8-10-16(24)11-9-15/h1,4-11,13H,12,14H2,2H3,(H,25,30). The van der Waals surface area contributed by atoms with Gasteiger partial charge in [-0.05, 0) is 36.4 Å². The van der Waals surface area contributed by atoms with E-state index in [0.29, 0.717) is 33.4 Å². The van der Waals surface area contributed by atoms with Crippen molar-refractivity contribution in [1.82, 2.24) is 24.9 Å². The van der Waals surface area contributed by atoms with Gasteiger partial charge in [-0.3, -0.25) is 14.3 Å². The first-order valence-corrected chi connectivity index (χ1v) is 9.48. The van der Waals surface area contributed by atoms with Gasteiger partial charge in [-0.15, -0.1) is 6.42 Å². The molecule has 0 aliphatic rings. The van der Waals surface area contributed by atoms with Crippen molar-refractivity contribution in [3.63, 3.8) is 0 Å². The van der Waals surface area contributed by atoms with Crippen LogP contribution in [0.2, 0.25) is 0 Å². The Morgan fingerprint density at radius 3 is 2.55 bits per heavy atom. The molecular formula is C23H18FN5O2. The second-order valence-electron chi connectivity index (χ2n) is 6.89. The van der Waals surface area contributed by atoms with Gasteiger partial charge >= 0.3 is 0 Å². The molecule has 0 atom stereocenters. The van der Waals surface area contributed by atoms with Crippen LogP contribution in [-0.4, -0.2) is 25.5 Å². The summed E-state index contributed by atoms with van der Waals surface area (Å²) in [6.45, 7) is 0.134. The van der Waals surface area contributed by atoms with Crippen molar-refractivity contribution in [3.05, 3.63) is 82.2 Å². The van der Waals surface area contributed by atoms with E-state index in [2.05, 4.69) is 21.4 Å². The predicted molar refractivity (Wildman–Crippen MR) is 115 cm³/mol. The molecule has 2 aromatic carbocycles. The van der Waals surface area contributed by atoms with Crippen LogP contribution < -0.4 is 10.9 Å². The molecule has 0 aliphatic carbocycles. The first kappa shape index (κ1) is 20.0. The maximum absolute atomic E-state index is 13.2. The van der Waals surface area contributed by atoms with Crippen molar-refractivity contribution in [2.24, 2.45) is 7.05 Å². The fourth-order valence-electron chi connectivity index (χ4n) is 3.33. The van der Waals surface area contributed by atoms with Crippen molar-refractivity contribution >= 4 is 16.7 Å². The van der Waals surface area contributed by atoms with Crippen molar-refractivity contribution in [1.29, 1.82) is 0 Å². The number of halogens is 1. The lowest BCUT2D eigenvalue weighted by molar-refractivity contribution is 0.0941. The van der Waals surface area contributed by atoms with E-state index in [1.54, 1.807) is 49.5 Å². The lowest BCUT2D eigenvalue weighted by atomic mass is 10.1. The highest BCUT2D eigenvalue weighted by atomic mass is 19.1. The van der Waals surface area contributed by atoms with Gasteiger partial charge in [0, 0.05) is 18.0 Å². The highest BCUT2D eigenvalue weighted by molar-refractivity contribution is 5.94. The predicted octanol–water partition coefficient (Wildman–Crippen LogP) is 2.50. The Labute approximate surface area is 177 Å². The Morgan fingerprint density at radius 2 is 1.84 bits per heavy atom. The van der Waals surface area contributed by atoms with Crippen LogP contribution >= 0.6 is 0 Å². The Balaban J connectivity index is 1.60. The SMILES string of the molecule is C#CCn1nc(CNC(=O)c2cc(-c3ccc(F)cc3)nn2C)c2ccccc2c1=O. The fraction of sp³-hybridized carbons (Fsp3) is 0.130. The molecule has 1 N–H and O–H groups in total. The summed E-state index contributed by atoms with van der Waals surface area (Å²) < 4.78 is 15.8. The average Bonchev–Trinajstić information content (AvgIpc) is 3.17. The number of benzene rings is 2. The molecule has 7 nitrogen and oxygen atoms in total. The number of hydrogen-bond acceptors (Lipinski definition) is 4. The van der Waals surface area contributed by atoms with Crippen molar-refractivity contribution in [2.75, 3.05) is 0 Å². The molecule has 1 amide bonds. The summed E-state index contributed by atoms with van der Waals surface area (Å²) in [4.78, 5) is 25.3. The maximum atomic E-state index is 13.2. The highest BCUT2D eigenvalue weighted by Gasteiger charge is 2.16. The molecule has 0 aliphatic heterocycles. The zero-order valence-corrected chi connectivity index (χ0v) is 16.7. The number of aromatic nitrogens is 4. The van der Waals surface area contributed by atoms with E-state index >= 15 is 0 Å². The van der Waals surface area contributed by atoms with Crippen LogP contribution in [0.4, 0.5) is 4.39 Å². The van der Waals surface area contributed by atoms with Gasteiger partial charge in [0.2, 0.25) is 0 Å². The van der Waals surface area contributed by atoms with Crippen molar-refractivity contribution < 1.29 is 9.18 Å². The first-order chi connectivity index (χ1) is 15.0. The number of hydrogen-bond donors (Lipinski definition) is 1. The third-order valence-corrected chi connectivity index (χ3v) is 4.85. The van der Waals surface area contributed by atoms with Gasteiger partial charge in [0.1, 0.15) is 18.1 Å². The number of amides is 1. The normalized spacial score (nSPS) is 10.7. The molecule has 0 bridgehead atoms. The summed E-state index contributed by atoms with van der Waals surface area (Å²) in [5.41, 5.74) is 1.84. The van der Waals surface area contributed by atoms with Gasteiger partial charge < -0.3 is 5.32 Å². The highest BCUT2D eigenvalue weighted by Crippen LogP contribution is 2.19. The molecule has 0 radical (unpaired) electrons. The Bertz CT molecular complexity index is 1380. The number of carbonyl (C=O) groups excluding carboxylic acids is 1. The number of fused-ring (bicyclic) bond motifs is 1. The van der Waals surface area contributed by atoms with E-state index in [-0.39, 0.29) is 30.4 Å². The van der Waals surface area contributed by atoms with Gasteiger partial charge in [-0.2, -0.15) is 10.2 Å². The molecule has 0 fully saturated rings. The number of nitrogens with one attached hydrogen (secondary N) is 1. The van der Waals surface area contributed by atoms with Crippen LogP contribution in [0.25, 0.3) is 22.0 Å². The topological polar surface area (TPSA) is 81.8 Å². The van der Waals surface area contributed by atoms with Crippen LogP contribution in [0.1, 0.15) is 16.2 Å². The van der Waals surface area contributed by atoms with E-state index in [1.165, 1.54) is 21.5 Å². The number of terminal acetylenes is 1. The Morgan fingerprint density at radius 1 is 1.13 bits per heavy atom. The second-order valence-corrected chi connectivity index (χ2v) is 6.89. The average molecular weight is 415 g/mol. The van der Waals surface area contributed by atoms with Crippen molar-refractivity contribution in [2.45, 2.75) is 13.1 Å². The largest absolute Gasteiger partial charge is 0.345 e. The van der Waals surface area contributed by atoms with Crippen LogP contribution in [0, 0.1) is 18.2 Å². The minimum Gasteiger partial charge on any atom is -0.345 e. The van der Waals surface area contributed by atoms with Crippen LogP contribution in [0.3, 0.4) is 0 Å². The molecule has 4 aromatic rings. The smallest absolute Gasteiger partial charge is 0.275 e. The number of carbonyl (C=O) groups is 1. The third-order valence-electron chi connectivity index (χ3n) is 4.85. The van der Waals surface area contributed by atoms with E-state index in [1.807, 2.05) is 0 Å². The van der Waals surface area contributed by atoms with Gasteiger partial charge in [0.15, 0.2) is 0 Å². The van der Waals surface area contributed by atoms with Crippen LogP contribution in [-0.2, 0) is 20.1 Å². The summed E-state index contributed by atoms with van der Waals surface area (Å²) in [6.07, 6.45) is 5.35. The van der Waals surface area contributed by atoms with Crippen LogP contribution in [0.5, 0.6) is 0 Å². The van der Waals surface area contributed by atoms with Gasteiger partial charge in [0.05, 0.1) is 23.3 Å². The van der Waals surface area contributed by atoms with Crippen molar-refractivity contribution in [3.8, 4) is 23.6 Å². The number of aryl methyl sites for hydroxylation is 1. The van der Waals surface area contributed by atoms with E-state index in [4.69, 9.17) is 6.42 Å². The van der Waals surface area contributed by atoms with Gasteiger partial charge in [-0.1, -0.05) is 24.1 Å². The summed E-state index contributed by atoms with van der Waals surface area (Å²) in [7, 11) is 1.66. The lowest BCUT2D eigenvalue weighted by Crippen LogP contribution is -2.29. The summed E-state index contributed by atoms with van der Waals surface area (Å²) in [6, 6.07) is 14.6. The third kappa shape index (κ3) is 3.94. The minimum atomic E-state index is -0.357. The van der Waals surface area contributed by atoms with Gasteiger partial charge in [-0.25, -0.2) is 9.07 Å². The van der Waals surface area contributed by atoms with Gasteiger partial charge in [0.25, 0.3) is 11.5 Å². The fourth-order valence-corrected chi connectivity index (χ4v) is 3.33. The number of nitrogens with zero attached hydrogens (tertiary/aromatic N) is 4. The summed E-state index contributed by atoms with van der Waals surface area (Å²) in [5.74, 6) is 1.71. The molecule has 0 spiro atoms. The monoisotopic (exact) mass is 415 g/mol. The van der Waals surface area contributed by atoms with E-state index in [9.17, 15) is 14.0 Å². The zero-order chi connectivity index (χ0) is 22.0. The molecule has 0 unspecified atom stereocenters. The molecule has 4 rings (SSSR count). The molecule has 0 saturated carbocycles. The molecule has 8 heteroatoms. The molecule has 154 valence electrons. The van der Waals surface area contributed by atoms with Crippen LogP contribution in [0.15, 0.2) is 59.4 Å². The molecule has 0 saturated heterocycles. The zero-order valence-electron chi connectivity index (χ0n) is 16.7. The van der Waals surface area contributed by atoms with E-state index in [0.717, 1.165) is 0 Å². The quantitative estimate of drug-likeness (QED) is 0.508. The molecule has 2 heterocycles. The maximum Gasteiger partial charge on any atom is 0.275 e. The Hall–Kier alpha value is -4.25. The molecule has 31 heavy (non-hydrogen) atoms. The summed E-state index contributed by atoms with van der Waals surface area (Å²) in [5, 5.41) is 12.6. The minimum absolute atomic E-state index is 0.0351. The molecular weight excluding hydrogens is 397 g/mol. The summed E-state index contributed by atoms with van der Waals surface area (Å²) >= 11 is 0. The first-order valence-electron chi connectivity index (χ1n) is 9.48. The Kier molecular flexibility index (Phi) is 5.33. The molecule has 2 aromatic heterocycles. The van der Waals surface area contributed by atoms with E-state index < -0.39 is 0 Å². The second kappa shape index (κ2) is 8.24.